The number of hydrogen-bond acceptors (Lipinski definition) is 5. The summed E-state index contributed by atoms with van der Waals surface area (Å²) in [5, 5.41) is 7.69. The zero-order valence-electron chi connectivity index (χ0n) is 13.4. The van der Waals surface area contributed by atoms with Crippen molar-refractivity contribution >= 4 is 0 Å². The average molecular weight is 295 g/mol. The molecular formula is C16H29N3O2. The summed E-state index contributed by atoms with van der Waals surface area (Å²) in [7, 11) is 1.73. The van der Waals surface area contributed by atoms with Crippen molar-refractivity contribution in [2.75, 3.05) is 20.3 Å². The second-order valence-corrected chi connectivity index (χ2v) is 6.05. The van der Waals surface area contributed by atoms with Gasteiger partial charge in [-0.2, -0.15) is 4.98 Å². The quantitative estimate of drug-likeness (QED) is 0.747. The molecule has 1 N–H and O–H groups in total. The van der Waals surface area contributed by atoms with E-state index < -0.39 is 0 Å². The molecule has 1 unspecified atom stereocenters. The van der Waals surface area contributed by atoms with E-state index in [0.717, 1.165) is 31.1 Å². The first-order valence-corrected chi connectivity index (χ1v) is 8.38. The number of methoxy groups -OCH3 is 1. The summed E-state index contributed by atoms with van der Waals surface area (Å²) in [6.07, 6.45) is 9.53. The van der Waals surface area contributed by atoms with Gasteiger partial charge in [0, 0.05) is 25.5 Å². The predicted octanol–water partition coefficient (Wildman–Crippen LogP) is 3.06. The maximum atomic E-state index is 5.46. The Hall–Kier alpha value is -0.940. The van der Waals surface area contributed by atoms with Crippen molar-refractivity contribution in [2.24, 2.45) is 0 Å². The average Bonchev–Trinajstić information content (AvgIpc) is 2.78. The van der Waals surface area contributed by atoms with E-state index in [2.05, 4.69) is 22.4 Å². The van der Waals surface area contributed by atoms with Crippen LogP contribution in [0.3, 0.4) is 0 Å². The molecule has 21 heavy (non-hydrogen) atoms. The fourth-order valence-electron chi connectivity index (χ4n) is 3.00. The predicted molar refractivity (Wildman–Crippen MR) is 82.4 cm³/mol. The van der Waals surface area contributed by atoms with Gasteiger partial charge in [-0.15, -0.1) is 0 Å². The number of nitrogens with zero attached hydrogens (tertiary/aromatic N) is 2. The van der Waals surface area contributed by atoms with Gasteiger partial charge in [0.05, 0.1) is 6.61 Å². The highest BCUT2D eigenvalue weighted by Crippen LogP contribution is 2.29. The topological polar surface area (TPSA) is 60.2 Å². The van der Waals surface area contributed by atoms with Crippen molar-refractivity contribution in [3.63, 3.8) is 0 Å². The highest BCUT2D eigenvalue weighted by molar-refractivity contribution is 4.97. The first-order chi connectivity index (χ1) is 10.3. The maximum Gasteiger partial charge on any atom is 0.228 e. The first kappa shape index (κ1) is 16.4. The monoisotopic (exact) mass is 295 g/mol. The van der Waals surface area contributed by atoms with Gasteiger partial charge < -0.3 is 14.6 Å². The minimum atomic E-state index is 0.248. The van der Waals surface area contributed by atoms with Crippen LogP contribution in [0.25, 0.3) is 0 Å². The van der Waals surface area contributed by atoms with Crippen LogP contribution >= 0.6 is 0 Å². The molecule has 0 aliphatic heterocycles. The van der Waals surface area contributed by atoms with E-state index in [4.69, 9.17) is 9.26 Å². The lowest BCUT2D eigenvalue weighted by Gasteiger charge is -2.15. The third-order valence-corrected chi connectivity index (χ3v) is 4.18. The summed E-state index contributed by atoms with van der Waals surface area (Å²) in [5.41, 5.74) is 0. The highest BCUT2D eigenvalue weighted by atomic mass is 16.5. The molecule has 1 fully saturated rings. The molecule has 1 heterocycles. The van der Waals surface area contributed by atoms with Gasteiger partial charge in [-0.3, -0.25) is 0 Å². The molecule has 1 atom stereocenters. The molecule has 5 nitrogen and oxygen atoms in total. The molecule has 5 heteroatoms. The lowest BCUT2D eigenvalue weighted by atomic mass is 10.00. The first-order valence-electron chi connectivity index (χ1n) is 8.38. The van der Waals surface area contributed by atoms with Crippen LogP contribution in [0.5, 0.6) is 0 Å². The minimum absolute atomic E-state index is 0.248. The van der Waals surface area contributed by atoms with Gasteiger partial charge in [0.15, 0.2) is 5.82 Å². The number of hydrogen-bond donors (Lipinski definition) is 1. The van der Waals surface area contributed by atoms with Crippen molar-refractivity contribution in [3.05, 3.63) is 11.7 Å². The van der Waals surface area contributed by atoms with Gasteiger partial charge in [0.25, 0.3) is 0 Å². The Morgan fingerprint density at radius 2 is 2.05 bits per heavy atom. The molecule has 0 spiro atoms. The number of ether oxygens (including phenoxy) is 1. The highest BCUT2D eigenvalue weighted by Gasteiger charge is 2.21. The Balaban J connectivity index is 1.90. The summed E-state index contributed by atoms with van der Waals surface area (Å²) in [4.78, 5) is 4.63. The smallest absolute Gasteiger partial charge is 0.228 e. The van der Waals surface area contributed by atoms with Gasteiger partial charge in [0.1, 0.15) is 0 Å². The SMILES string of the molecule is CCCNC(COC)Cc1nc(C2CCCCCC2)no1. The van der Waals surface area contributed by atoms with Crippen molar-refractivity contribution < 1.29 is 9.26 Å². The molecule has 1 aliphatic rings. The second kappa shape index (κ2) is 9.15. The normalized spacial score (nSPS) is 18.6. The third-order valence-electron chi connectivity index (χ3n) is 4.18. The molecular weight excluding hydrogens is 266 g/mol. The molecule has 0 radical (unpaired) electrons. The van der Waals surface area contributed by atoms with Gasteiger partial charge in [-0.05, 0) is 25.8 Å². The molecule has 0 aromatic carbocycles. The zero-order valence-corrected chi connectivity index (χ0v) is 13.4. The number of nitrogens with one attached hydrogen (secondary N) is 1. The summed E-state index contributed by atoms with van der Waals surface area (Å²) < 4.78 is 10.7. The molecule has 2 rings (SSSR count). The Morgan fingerprint density at radius 3 is 2.71 bits per heavy atom. The van der Waals surface area contributed by atoms with E-state index in [-0.39, 0.29) is 6.04 Å². The lowest BCUT2D eigenvalue weighted by Crippen LogP contribution is -2.35. The second-order valence-electron chi connectivity index (χ2n) is 6.05. The molecule has 0 saturated heterocycles. The van der Waals surface area contributed by atoms with Crippen molar-refractivity contribution in [1.82, 2.24) is 15.5 Å². The van der Waals surface area contributed by atoms with Crippen molar-refractivity contribution in [3.8, 4) is 0 Å². The third kappa shape index (κ3) is 5.40. The summed E-state index contributed by atoms with van der Waals surface area (Å²) in [6.45, 7) is 3.81. The zero-order chi connectivity index (χ0) is 14.9. The van der Waals surface area contributed by atoms with Crippen LogP contribution in [0.1, 0.15) is 69.5 Å². The van der Waals surface area contributed by atoms with Crippen LogP contribution in [0, 0.1) is 0 Å². The van der Waals surface area contributed by atoms with Gasteiger partial charge >= 0.3 is 0 Å². The molecule has 1 saturated carbocycles. The molecule has 1 aliphatic carbocycles. The van der Waals surface area contributed by atoms with Crippen LogP contribution in [-0.2, 0) is 11.2 Å². The summed E-state index contributed by atoms with van der Waals surface area (Å²) >= 11 is 0. The van der Waals surface area contributed by atoms with Crippen molar-refractivity contribution in [1.29, 1.82) is 0 Å². The van der Waals surface area contributed by atoms with Crippen molar-refractivity contribution in [2.45, 2.75) is 70.3 Å². The number of rotatable bonds is 8. The van der Waals surface area contributed by atoms with E-state index >= 15 is 0 Å². The van der Waals surface area contributed by atoms with E-state index in [1.54, 1.807) is 7.11 Å². The Kier molecular flexibility index (Phi) is 7.16. The van der Waals surface area contributed by atoms with E-state index in [0.29, 0.717) is 12.5 Å². The van der Waals surface area contributed by atoms with Crippen LogP contribution < -0.4 is 5.32 Å². The fraction of sp³-hybridized carbons (Fsp3) is 0.875. The molecule has 1 aromatic heterocycles. The van der Waals surface area contributed by atoms with Gasteiger partial charge in [0.2, 0.25) is 5.89 Å². The van der Waals surface area contributed by atoms with Crippen LogP contribution in [0.15, 0.2) is 4.52 Å². The molecule has 0 amide bonds. The fourth-order valence-corrected chi connectivity index (χ4v) is 3.00. The van der Waals surface area contributed by atoms with Crippen LogP contribution in [0.2, 0.25) is 0 Å². The minimum Gasteiger partial charge on any atom is -0.383 e. The Labute approximate surface area is 127 Å². The Bertz CT molecular complexity index is 387. The molecule has 1 aromatic rings. The summed E-state index contributed by atoms with van der Waals surface area (Å²) in [6, 6.07) is 0.248. The van der Waals surface area contributed by atoms with Crippen LogP contribution in [0.4, 0.5) is 0 Å². The van der Waals surface area contributed by atoms with Gasteiger partial charge in [-0.25, -0.2) is 0 Å². The summed E-state index contributed by atoms with van der Waals surface area (Å²) in [5.74, 6) is 2.15. The van der Waals surface area contributed by atoms with E-state index in [9.17, 15) is 0 Å². The molecule has 0 bridgehead atoms. The van der Waals surface area contributed by atoms with E-state index in [1.165, 1.54) is 38.5 Å². The number of aromatic nitrogens is 2. The van der Waals surface area contributed by atoms with E-state index in [1.807, 2.05) is 0 Å². The van der Waals surface area contributed by atoms with Crippen LogP contribution in [-0.4, -0.2) is 36.4 Å². The molecule has 120 valence electrons. The largest absolute Gasteiger partial charge is 0.383 e. The standard InChI is InChI=1S/C16H29N3O2/c1-3-10-17-14(12-20-2)11-15-18-16(19-21-15)13-8-6-4-5-7-9-13/h13-14,17H,3-12H2,1-2H3. The Morgan fingerprint density at radius 1 is 1.29 bits per heavy atom. The lowest BCUT2D eigenvalue weighted by molar-refractivity contribution is 0.161. The van der Waals surface area contributed by atoms with Gasteiger partial charge in [-0.1, -0.05) is 37.8 Å². The maximum absolute atomic E-state index is 5.46.